The highest BCUT2D eigenvalue weighted by molar-refractivity contribution is 5.95. The van der Waals surface area contributed by atoms with Crippen LogP contribution in [0.3, 0.4) is 0 Å². The Balaban J connectivity index is 1.63. The second kappa shape index (κ2) is 7.25. The lowest BCUT2D eigenvalue weighted by molar-refractivity contribution is -0.119. The van der Waals surface area contributed by atoms with Crippen molar-refractivity contribution in [2.45, 2.75) is 19.3 Å². The van der Waals surface area contributed by atoms with E-state index >= 15 is 0 Å². The standard InChI is InChI=1S/C19H22N2O3/c1-23-17-9-2-3-10-18(17)24-13-11-19(22)21-12-5-6-14-15(20)7-4-8-16(14)21/h2-4,7-10H,5-6,11-13,20H2,1H3. The highest BCUT2D eigenvalue weighted by Crippen LogP contribution is 2.32. The highest BCUT2D eigenvalue weighted by Gasteiger charge is 2.23. The smallest absolute Gasteiger partial charge is 0.230 e. The van der Waals surface area contributed by atoms with Gasteiger partial charge in [-0.2, -0.15) is 0 Å². The molecule has 24 heavy (non-hydrogen) atoms. The summed E-state index contributed by atoms with van der Waals surface area (Å²) in [4.78, 5) is 14.4. The van der Waals surface area contributed by atoms with Gasteiger partial charge in [-0.15, -0.1) is 0 Å². The summed E-state index contributed by atoms with van der Waals surface area (Å²) in [5, 5.41) is 0. The van der Waals surface area contributed by atoms with Crippen molar-refractivity contribution in [3.63, 3.8) is 0 Å². The molecule has 0 saturated carbocycles. The molecule has 5 heteroatoms. The van der Waals surface area contributed by atoms with Crippen LogP contribution in [0.1, 0.15) is 18.4 Å². The van der Waals surface area contributed by atoms with Crippen LogP contribution in [-0.4, -0.2) is 26.2 Å². The van der Waals surface area contributed by atoms with Crippen LogP contribution in [0.25, 0.3) is 0 Å². The molecule has 1 amide bonds. The van der Waals surface area contributed by atoms with Crippen molar-refractivity contribution < 1.29 is 14.3 Å². The zero-order valence-electron chi connectivity index (χ0n) is 13.8. The van der Waals surface area contributed by atoms with Crippen LogP contribution in [-0.2, 0) is 11.2 Å². The van der Waals surface area contributed by atoms with Gasteiger partial charge in [0.2, 0.25) is 5.91 Å². The normalized spacial score (nSPS) is 13.3. The maximum atomic E-state index is 12.6. The van der Waals surface area contributed by atoms with E-state index in [9.17, 15) is 4.79 Å². The average Bonchev–Trinajstić information content (AvgIpc) is 2.62. The molecule has 0 aromatic heterocycles. The lowest BCUT2D eigenvalue weighted by atomic mass is 9.99. The first-order chi connectivity index (χ1) is 11.7. The quantitative estimate of drug-likeness (QED) is 0.858. The third-order valence-corrected chi connectivity index (χ3v) is 4.23. The number of nitrogens with zero attached hydrogens (tertiary/aromatic N) is 1. The molecule has 1 aliphatic rings. The Bertz CT molecular complexity index is 730. The average molecular weight is 326 g/mol. The molecule has 1 heterocycles. The van der Waals surface area contributed by atoms with E-state index in [-0.39, 0.29) is 5.91 Å². The molecule has 0 atom stereocenters. The molecular weight excluding hydrogens is 304 g/mol. The van der Waals surface area contributed by atoms with Crippen molar-refractivity contribution in [2.75, 3.05) is 30.9 Å². The third-order valence-electron chi connectivity index (χ3n) is 4.23. The zero-order valence-corrected chi connectivity index (χ0v) is 13.8. The zero-order chi connectivity index (χ0) is 16.9. The molecule has 0 unspecified atom stereocenters. The summed E-state index contributed by atoms with van der Waals surface area (Å²) in [6, 6.07) is 13.2. The number of anilines is 2. The molecule has 5 nitrogen and oxygen atoms in total. The molecule has 2 aromatic carbocycles. The van der Waals surface area contributed by atoms with Gasteiger partial charge in [-0.3, -0.25) is 4.79 Å². The predicted octanol–water partition coefficient (Wildman–Crippen LogP) is 3.03. The highest BCUT2D eigenvalue weighted by atomic mass is 16.5. The van der Waals surface area contributed by atoms with E-state index in [0.29, 0.717) is 24.5 Å². The second-order valence-corrected chi connectivity index (χ2v) is 5.74. The lowest BCUT2D eigenvalue weighted by Gasteiger charge is -2.30. The largest absolute Gasteiger partial charge is 0.493 e. The summed E-state index contributed by atoms with van der Waals surface area (Å²) in [6.45, 7) is 1.04. The number of carbonyl (C=O) groups excluding carboxylic acids is 1. The number of hydrogen-bond donors (Lipinski definition) is 1. The molecule has 0 radical (unpaired) electrons. The van der Waals surface area contributed by atoms with Gasteiger partial charge in [0, 0.05) is 17.9 Å². The first-order valence-corrected chi connectivity index (χ1v) is 8.14. The molecule has 0 fully saturated rings. The van der Waals surface area contributed by atoms with Gasteiger partial charge in [0.15, 0.2) is 11.5 Å². The van der Waals surface area contributed by atoms with E-state index in [1.807, 2.05) is 47.4 Å². The molecule has 0 saturated heterocycles. The van der Waals surface area contributed by atoms with Crippen LogP contribution in [0.2, 0.25) is 0 Å². The first kappa shape index (κ1) is 16.2. The Labute approximate surface area is 142 Å². The van der Waals surface area contributed by atoms with E-state index in [1.165, 1.54) is 0 Å². The lowest BCUT2D eigenvalue weighted by Crippen LogP contribution is -2.36. The summed E-state index contributed by atoms with van der Waals surface area (Å²) >= 11 is 0. The van der Waals surface area contributed by atoms with Gasteiger partial charge in [0.1, 0.15) is 0 Å². The van der Waals surface area contributed by atoms with E-state index in [2.05, 4.69) is 0 Å². The van der Waals surface area contributed by atoms with Gasteiger partial charge in [0.25, 0.3) is 0 Å². The Kier molecular flexibility index (Phi) is 4.89. The number of carbonyl (C=O) groups is 1. The molecule has 2 N–H and O–H groups in total. The number of hydrogen-bond acceptors (Lipinski definition) is 4. The van der Waals surface area contributed by atoms with Crippen LogP contribution in [0.15, 0.2) is 42.5 Å². The summed E-state index contributed by atoms with van der Waals surface area (Å²) in [6.07, 6.45) is 2.16. The monoisotopic (exact) mass is 326 g/mol. The fraction of sp³-hybridized carbons (Fsp3) is 0.316. The van der Waals surface area contributed by atoms with Gasteiger partial charge in [-0.1, -0.05) is 18.2 Å². The number of nitrogens with two attached hydrogens (primary N) is 1. The maximum absolute atomic E-state index is 12.6. The molecule has 126 valence electrons. The molecule has 0 bridgehead atoms. The molecule has 2 aromatic rings. The molecule has 1 aliphatic heterocycles. The first-order valence-electron chi connectivity index (χ1n) is 8.14. The summed E-state index contributed by atoms with van der Waals surface area (Å²) < 4.78 is 10.9. The van der Waals surface area contributed by atoms with E-state index in [4.69, 9.17) is 15.2 Å². The SMILES string of the molecule is COc1ccccc1OCCC(=O)N1CCCc2c(N)cccc21. The minimum atomic E-state index is 0.0523. The van der Waals surface area contributed by atoms with Crippen molar-refractivity contribution in [3.05, 3.63) is 48.0 Å². The number of benzene rings is 2. The van der Waals surface area contributed by atoms with Crippen molar-refractivity contribution in [1.82, 2.24) is 0 Å². The number of nitrogen functional groups attached to an aromatic ring is 1. The number of ether oxygens (including phenoxy) is 2. The van der Waals surface area contributed by atoms with Gasteiger partial charge in [0.05, 0.1) is 20.1 Å². The van der Waals surface area contributed by atoms with E-state index < -0.39 is 0 Å². The molecule has 0 aliphatic carbocycles. The Morgan fingerprint density at radius 2 is 1.96 bits per heavy atom. The second-order valence-electron chi connectivity index (χ2n) is 5.74. The fourth-order valence-corrected chi connectivity index (χ4v) is 3.03. The molecular formula is C19H22N2O3. The number of amides is 1. The molecule has 0 spiro atoms. The Hall–Kier alpha value is -2.69. The van der Waals surface area contributed by atoms with Gasteiger partial charge in [-0.05, 0) is 42.7 Å². The number of para-hydroxylation sites is 2. The van der Waals surface area contributed by atoms with Crippen molar-refractivity contribution >= 4 is 17.3 Å². The number of rotatable bonds is 5. The van der Waals surface area contributed by atoms with Crippen LogP contribution in [0, 0.1) is 0 Å². The van der Waals surface area contributed by atoms with Crippen molar-refractivity contribution in [3.8, 4) is 11.5 Å². The third kappa shape index (κ3) is 3.30. The van der Waals surface area contributed by atoms with Crippen LogP contribution < -0.4 is 20.1 Å². The van der Waals surface area contributed by atoms with Gasteiger partial charge in [-0.25, -0.2) is 0 Å². The summed E-state index contributed by atoms with van der Waals surface area (Å²) in [5.74, 6) is 1.37. The maximum Gasteiger partial charge on any atom is 0.230 e. The number of fused-ring (bicyclic) bond motifs is 1. The summed E-state index contributed by atoms with van der Waals surface area (Å²) in [7, 11) is 1.60. The van der Waals surface area contributed by atoms with Crippen LogP contribution >= 0.6 is 0 Å². The predicted molar refractivity (Wildman–Crippen MR) is 94.6 cm³/mol. The van der Waals surface area contributed by atoms with Gasteiger partial charge < -0.3 is 20.1 Å². The van der Waals surface area contributed by atoms with Crippen molar-refractivity contribution in [1.29, 1.82) is 0 Å². The van der Waals surface area contributed by atoms with Crippen LogP contribution in [0.5, 0.6) is 11.5 Å². The summed E-state index contributed by atoms with van der Waals surface area (Å²) in [5.41, 5.74) is 8.80. The Morgan fingerprint density at radius 3 is 2.75 bits per heavy atom. The minimum absolute atomic E-state index is 0.0523. The minimum Gasteiger partial charge on any atom is -0.493 e. The fourth-order valence-electron chi connectivity index (χ4n) is 3.03. The van der Waals surface area contributed by atoms with E-state index in [1.54, 1.807) is 7.11 Å². The topological polar surface area (TPSA) is 64.8 Å². The van der Waals surface area contributed by atoms with Crippen molar-refractivity contribution in [2.24, 2.45) is 0 Å². The van der Waals surface area contributed by atoms with Gasteiger partial charge >= 0.3 is 0 Å². The molecule has 3 rings (SSSR count). The van der Waals surface area contributed by atoms with Crippen LogP contribution in [0.4, 0.5) is 11.4 Å². The Morgan fingerprint density at radius 1 is 1.17 bits per heavy atom. The number of methoxy groups -OCH3 is 1. The van der Waals surface area contributed by atoms with E-state index in [0.717, 1.165) is 36.3 Å².